The molecule has 0 aromatic heterocycles. The van der Waals surface area contributed by atoms with Crippen molar-refractivity contribution in [2.24, 2.45) is 0 Å². The van der Waals surface area contributed by atoms with Gasteiger partial charge < -0.3 is 64.3 Å². The minimum absolute atomic E-state index is 0.163. The standard InChI is InChI=1S/C18H30N2O12/c1-28-14-11(25)12(26)18(32-15(14)16(27)20-4-6-22)31-13-9(19-3-5-21)17(29-2)30-8(7-23)10(13)24/h5-6,8-15,17-19,23-26H,3-4,7H2,1-2H3,(H,20,27). The lowest BCUT2D eigenvalue weighted by molar-refractivity contribution is -0.338. The summed E-state index contributed by atoms with van der Waals surface area (Å²) in [6.45, 7) is -1.08. The molecule has 14 nitrogen and oxygen atoms in total. The third-order valence-electron chi connectivity index (χ3n) is 5.25. The van der Waals surface area contributed by atoms with Crippen LogP contribution in [0.25, 0.3) is 0 Å². The molecule has 1 amide bonds. The molecule has 0 bridgehead atoms. The van der Waals surface area contributed by atoms with Gasteiger partial charge in [0.2, 0.25) is 0 Å². The van der Waals surface area contributed by atoms with E-state index in [1.54, 1.807) is 0 Å². The van der Waals surface area contributed by atoms with Crippen molar-refractivity contribution in [1.29, 1.82) is 0 Å². The van der Waals surface area contributed by atoms with Crippen LogP contribution in [0.3, 0.4) is 0 Å². The number of methoxy groups -OCH3 is 2. The maximum absolute atomic E-state index is 12.4. The van der Waals surface area contributed by atoms with E-state index >= 15 is 0 Å². The zero-order chi connectivity index (χ0) is 23.8. The van der Waals surface area contributed by atoms with E-state index in [-0.39, 0.29) is 13.1 Å². The van der Waals surface area contributed by atoms with Gasteiger partial charge in [0.25, 0.3) is 5.91 Å². The summed E-state index contributed by atoms with van der Waals surface area (Å²) in [5.41, 5.74) is 0. The Hall–Kier alpha value is -1.59. The van der Waals surface area contributed by atoms with Crippen molar-refractivity contribution in [2.75, 3.05) is 33.9 Å². The van der Waals surface area contributed by atoms with E-state index in [0.29, 0.717) is 12.6 Å². The van der Waals surface area contributed by atoms with E-state index in [0.717, 1.165) is 0 Å². The highest BCUT2D eigenvalue weighted by molar-refractivity contribution is 5.83. The zero-order valence-electron chi connectivity index (χ0n) is 17.6. The number of ether oxygens (including phenoxy) is 5. The molecule has 2 aliphatic heterocycles. The third-order valence-corrected chi connectivity index (χ3v) is 5.25. The Labute approximate surface area is 183 Å². The van der Waals surface area contributed by atoms with Crippen molar-refractivity contribution >= 4 is 18.5 Å². The lowest BCUT2D eigenvalue weighted by Crippen LogP contribution is -2.68. The summed E-state index contributed by atoms with van der Waals surface area (Å²) < 4.78 is 27.0. The molecule has 184 valence electrons. The van der Waals surface area contributed by atoms with Crippen LogP contribution in [0.2, 0.25) is 0 Å². The number of carbonyl (C=O) groups is 3. The Morgan fingerprint density at radius 1 is 0.938 bits per heavy atom. The Morgan fingerprint density at radius 2 is 1.62 bits per heavy atom. The Kier molecular flexibility index (Phi) is 10.5. The average Bonchev–Trinajstić information content (AvgIpc) is 2.80. The Bertz CT molecular complexity index is 625. The molecule has 14 heteroatoms. The Balaban J connectivity index is 2.28. The normalized spacial score (nSPS) is 39.9. The first-order valence-electron chi connectivity index (χ1n) is 9.89. The molecule has 10 unspecified atom stereocenters. The fraction of sp³-hybridized carbons (Fsp3) is 0.833. The summed E-state index contributed by atoms with van der Waals surface area (Å²) in [7, 11) is 2.50. The van der Waals surface area contributed by atoms with Gasteiger partial charge in [0, 0.05) is 14.2 Å². The molecular formula is C18H30N2O12. The number of aliphatic hydroxyl groups excluding tert-OH is 4. The SMILES string of the molecule is COC1OC(CO)C(O)C(OC2OC(C(=O)NCC=O)C(OC)C(O)C2O)C1NCC=O. The number of aliphatic hydroxyl groups is 4. The largest absolute Gasteiger partial charge is 0.394 e. The first kappa shape index (κ1) is 26.7. The minimum atomic E-state index is -1.70. The van der Waals surface area contributed by atoms with E-state index in [2.05, 4.69) is 10.6 Å². The van der Waals surface area contributed by atoms with Crippen LogP contribution in [0.5, 0.6) is 0 Å². The number of hydrogen-bond acceptors (Lipinski definition) is 13. The first-order chi connectivity index (χ1) is 15.3. The number of hydrogen-bond donors (Lipinski definition) is 6. The average molecular weight is 466 g/mol. The van der Waals surface area contributed by atoms with Crippen LogP contribution in [-0.4, -0.2) is 134 Å². The Morgan fingerprint density at radius 3 is 2.19 bits per heavy atom. The van der Waals surface area contributed by atoms with Crippen molar-refractivity contribution in [1.82, 2.24) is 10.6 Å². The van der Waals surface area contributed by atoms with Gasteiger partial charge in [0.05, 0.1) is 25.7 Å². The van der Waals surface area contributed by atoms with E-state index in [9.17, 15) is 34.8 Å². The van der Waals surface area contributed by atoms with Crippen molar-refractivity contribution in [3.63, 3.8) is 0 Å². The molecule has 6 N–H and O–H groups in total. The second kappa shape index (κ2) is 12.6. The van der Waals surface area contributed by atoms with Gasteiger partial charge in [0.15, 0.2) is 18.7 Å². The number of nitrogens with one attached hydrogen (secondary N) is 2. The predicted octanol–water partition coefficient (Wildman–Crippen LogP) is -4.97. The van der Waals surface area contributed by atoms with Gasteiger partial charge >= 0.3 is 0 Å². The van der Waals surface area contributed by atoms with Crippen molar-refractivity contribution in [2.45, 2.75) is 61.3 Å². The van der Waals surface area contributed by atoms with Crippen molar-refractivity contribution in [3.8, 4) is 0 Å². The molecule has 0 spiro atoms. The molecule has 2 heterocycles. The molecule has 0 aliphatic carbocycles. The van der Waals surface area contributed by atoms with E-state index in [4.69, 9.17) is 23.7 Å². The molecule has 2 aliphatic rings. The lowest BCUT2D eigenvalue weighted by Gasteiger charge is -2.47. The molecular weight excluding hydrogens is 436 g/mol. The van der Waals surface area contributed by atoms with Crippen LogP contribution >= 0.6 is 0 Å². The quantitative estimate of drug-likeness (QED) is 0.158. The summed E-state index contributed by atoms with van der Waals surface area (Å²) in [4.78, 5) is 33.8. The number of aldehydes is 2. The molecule has 10 atom stereocenters. The second-order valence-electron chi connectivity index (χ2n) is 7.17. The smallest absolute Gasteiger partial charge is 0.252 e. The van der Waals surface area contributed by atoms with E-state index in [1.807, 2.05) is 0 Å². The van der Waals surface area contributed by atoms with Crippen molar-refractivity contribution < 1.29 is 58.5 Å². The van der Waals surface area contributed by atoms with Crippen molar-refractivity contribution in [3.05, 3.63) is 0 Å². The van der Waals surface area contributed by atoms with Crippen LogP contribution in [0.15, 0.2) is 0 Å². The molecule has 0 aromatic carbocycles. The van der Waals surface area contributed by atoms with Crippen LogP contribution in [0.4, 0.5) is 0 Å². The first-order valence-corrected chi connectivity index (χ1v) is 9.89. The molecule has 2 rings (SSSR count). The van der Waals surface area contributed by atoms with Gasteiger partial charge in [-0.25, -0.2) is 0 Å². The highest BCUT2D eigenvalue weighted by Crippen LogP contribution is 2.30. The lowest BCUT2D eigenvalue weighted by atomic mass is 9.95. The summed E-state index contributed by atoms with van der Waals surface area (Å²) in [6, 6.07) is -0.960. The third kappa shape index (κ3) is 5.85. The highest BCUT2D eigenvalue weighted by atomic mass is 16.7. The molecule has 2 saturated heterocycles. The summed E-state index contributed by atoms with van der Waals surface area (Å²) in [6.07, 6.45) is -11.6. The number of carbonyl (C=O) groups excluding carboxylic acids is 3. The molecule has 2 fully saturated rings. The van der Waals surface area contributed by atoms with E-state index in [1.165, 1.54) is 14.2 Å². The maximum Gasteiger partial charge on any atom is 0.252 e. The fourth-order valence-corrected chi connectivity index (χ4v) is 3.65. The molecule has 32 heavy (non-hydrogen) atoms. The minimum Gasteiger partial charge on any atom is -0.394 e. The molecule has 0 aromatic rings. The van der Waals surface area contributed by atoms with Crippen LogP contribution < -0.4 is 10.6 Å². The number of rotatable bonds is 11. The zero-order valence-corrected chi connectivity index (χ0v) is 17.6. The van der Waals surface area contributed by atoms with Gasteiger partial charge in [-0.15, -0.1) is 0 Å². The van der Waals surface area contributed by atoms with Gasteiger partial charge in [-0.2, -0.15) is 0 Å². The monoisotopic (exact) mass is 466 g/mol. The van der Waals surface area contributed by atoms with Gasteiger partial charge in [-0.05, 0) is 0 Å². The topological polar surface area (TPSA) is 202 Å². The fourth-order valence-electron chi connectivity index (χ4n) is 3.65. The number of amides is 1. The van der Waals surface area contributed by atoms with E-state index < -0.39 is 73.9 Å². The second-order valence-corrected chi connectivity index (χ2v) is 7.17. The maximum atomic E-state index is 12.4. The predicted molar refractivity (Wildman–Crippen MR) is 102 cm³/mol. The van der Waals surface area contributed by atoms with Gasteiger partial charge in [-0.1, -0.05) is 0 Å². The van der Waals surface area contributed by atoms with Gasteiger partial charge in [-0.3, -0.25) is 4.79 Å². The van der Waals surface area contributed by atoms with Crippen LogP contribution in [0, 0.1) is 0 Å². The summed E-state index contributed by atoms with van der Waals surface area (Å²) in [5, 5.41) is 46.2. The highest BCUT2D eigenvalue weighted by Gasteiger charge is 2.52. The molecule has 0 saturated carbocycles. The summed E-state index contributed by atoms with van der Waals surface area (Å²) in [5.74, 6) is -0.797. The van der Waals surface area contributed by atoms with Crippen LogP contribution in [-0.2, 0) is 38.1 Å². The van der Waals surface area contributed by atoms with Gasteiger partial charge in [0.1, 0.15) is 49.2 Å². The van der Waals surface area contributed by atoms with Crippen LogP contribution in [0.1, 0.15) is 0 Å². The molecule has 0 radical (unpaired) electrons. The summed E-state index contributed by atoms with van der Waals surface area (Å²) >= 11 is 0.